The van der Waals surface area contributed by atoms with E-state index in [1.165, 1.54) is 4.90 Å². The van der Waals surface area contributed by atoms with E-state index in [0.29, 0.717) is 4.91 Å². The van der Waals surface area contributed by atoms with Crippen LogP contribution in [0.1, 0.15) is 17.0 Å². The molecule has 1 aliphatic heterocycles. The monoisotopic (exact) mass is 590 g/mol. The normalized spacial score (nSPS) is 14.1. The van der Waals surface area contributed by atoms with Crippen LogP contribution in [0.15, 0.2) is 102 Å². The molecule has 0 bridgehead atoms. The summed E-state index contributed by atoms with van der Waals surface area (Å²) in [5, 5.41) is 1.78. The lowest BCUT2D eigenvalue weighted by atomic mass is 10.1. The first-order valence-electron chi connectivity index (χ1n) is 13.9. The van der Waals surface area contributed by atoms with Gasteiger partial charge in [0, 0.05) is 22.5 Å². The highest BCUT2D eigenvalue weighted by Crippen LogP contribution is 2.34. The van der Waals surface area contributed by atoms with Gasteiger partial charge in [-0.3, -0.25) is 14.5 Å². The molecule has 0 N–H and O–H groups in total. The van der Waals surface area contributed by atoms with Crippen LogP contribution in [0, 0.1) is 13.8 Å². The third kappa shape index (κ3) is 5.87. The molecule has 0 aliphatic carbocycles. The van der Waals surface area contributed by atoms with Crippen LogP contribution in [0.25, 0.3) is 22.5 Å². The smallest absolute Gasteiger partial charge is 0.293 e. The second-order valence-corrected chi connectivity index (χ2v) is 11.1. The number of hydrogen-bond acceptors (Lipinski definition) is 6. The number of benzene rings is 4. The second-order valence-electron chi connectivity index (χ2n) is 10.1. The predicted molar refractivity (Wildman–Crippen MR) is 170 cm³/mol. The summed E-state index contributed by atoms with van der Waals surface area (Å²) in [6.45, 7) is 4.41. The number of carbonyl (C=O) groups is 2. The van der Waals surface area contributed by atoms with Crippen LogP contribution >= 0.6 is 11.8 Å². The molecule has 2 amide bonds. The quantitative estimate of drug-likeness (QED) is 0.161. The molecule has 2 heterocycles. The molecule has 0 radical (unpaired) electrons. The summed E-state index contributed by atoms with van der Waals surface area (Å²) in [5.74, 6) is 2.63. The largest absolute Gasteiger partial charge is 0.497 e. The van der Waals surface area contributed by atoms with Crippen molar-refractivity contribution >= 4 is 39.8 Å². The van der Waals surface area contributed by atoms with Crippen molar-refractivity contribution in [2.45, 2.75) is 13.8 Å². The van der Waals surface area contributed by atoms with E-state index >= 15 is 0 Å². The van der Waals surface area contributed by atoms with Crippen LogP contribution in [0.4, 0.5) is 4.79 Å². The number of imide groups is 1. The van der Waals surface area contributed by atoms with Gasteiger partial charge >= 0.3 is 0 Å². The van der Waals surface area contributed by atoms with Gasteiger partial charge in [-0.2, -0.15) is 0 Å². The molecule has 0 saturated carbocycles. The van der Waals surface area contributed by atoms with Gasteiger partial charge in [0.2, 0.25) is 0 Å². The van der Waals surface area contributed by atoms with Gasteiger partial charge < -0.3 is 18.8 Å². The van der Waals surface area contributed by atoms with Gasteiger partial charge in [-0.25, -0.2) is 0 Å². The molecule has 0 atom stereocenters. The summed E-state index contributed by atoms with van der Waals surface area (Å²) in [7, 11) is 1.63. The van der Waals surface area contributed by atoms with Crippen LogP contribution in [0.5, 0.6) is 23.0 Å². The zero-order valence-electron chi connectivity index (χ0n) is 24.1. The highest BCUT2D eigenvalue weighted by molar-refractivity contribution is 8.18. The summed E-state index contributed by atoms with van der Waals surface area (Å²) in [6.07, 6.45) is 1.80. The van der Waals surface area contributed by atoms with Crippen LogP contribution in [0.3, 0.4) is 0 Å². The first kappa shape index (κ1) is 28.2. The molecule has 1 aliphatic rings. The van der Waals surface area contributed by atoms with Crippen molar-refractivity contribution in [3.63, 3.8) is 0 Å². The Kier molecular flexibility index (Phi) is 7.94. The number of nitrogens with zero attached hydrogens (tertiary/aromatic N) is 2. The third-order valence-corrected chi connectivity index (χ3v) is 8.25. The van der Waals surface area contributed by atoms with Gasteiger partial charge in [0.05, 0.1) is 18.6 Å². The number of thioether (sulfide) groups is 1. The fourth-order valence-electron chi connectivity index (χ4n) is 5.18. The van der Waals surface area contributed by atoms with Crippen LogP contribution in [0.2, 0.25) is 0 Å². The van der Waals surface area contributed by atoms with Gasteiger partial charge in [-0.05, 0) is 103 Å². The fourth-order valence-corrected chi connectivity index (χ4v) is 6.03. The Morgan fingerprint density at radius 2 is 1.49 bits per heavy atom. The first-order chi connectivity index (χ1) is 20.9. The molecular formula is C35H30N2O5S. The number of aromatic nitrogens is 1. The van der Waals surface area contributed by atoms with E-state index in [1.807, 2.05) is 111 Å². The van der Waals surface area contributed by atoms with Gasteiger partial charge in [0.1, 0.15) is 29.6 Å². The van der Waals surface area contributed by atoms with E-state index in [-0.39, 0.29) is 24.3 Å². The lowest BCUT2D eigenvalue weighted by Crippen LogP contribution is -2.32. The molecule has 0 spiro atoms. The standard InChI is InChI=1S/C35H30N2O5S/c1-23-21-26(24(2)37(23)27-11-13-29(14-12-27)42-30-17-15-28(40-3)16-18-30)22-33-34(38)36(35(39)43-33)19-20-41-32-10-6-8-25-7-4-5-9-31(25)32/h4-18,21-22H,19-20H2,1-3H3/b33-22-. The first-order valence-corrected chi connectivity index (χ1v) is 14.7. The number of methoxy groups -OCH3 is 1. The van der Waals surface area contributed by atoms with Crippen molar-refractivity contribution in [1.29, 1.82) is 0 Å². The van der Waals surface area contributed by atoms with E-state index in [4.69, 9.17) is 14.2 Å². The van der Waals surface area contributed by atoms with Crippen molar-refractivity contribution in [2.75, 3.05) is 20.3 Å². The number of hydrogen-bond donors (Lipinski definition) is 0. The molecule has 7 nitrogen and oxygen atoms in total. The SMILES string of the molecule is COc1ccc(Oc2ccc(-n3c(C)cc(/C=C4\SC(=O)N(CCOc5cccc6ccccc56)C4=O)c3C)cc2)cc1. The summed E-state index contributed by atoms with van der Waals surface area (Å²) in [4.78, 5) is 27.6. The molecule has 4 aromatic carbocycles. The van der Waals surface area contributed by atoms with E-state index in [9.17, 15) is 9.59 Å². The van der Waals surface area contributed by atoms with Gasteiger partial charge in [0.15, 0.2) is 0 Å². The van der Waals surface area contributed by atoms with Crippen molar-refractivity contribution in [2.24, 2.45) is 0 Å². The van der Waals surface area contributed by atoms with Crippen LogP contribution in [-0.4, -0.2) is 40.9 Å². The molecular weight excluding hydrogens is 560 g/mol. The molecule has 1 saturated heterocycles. The Bertz CT molecular complexity index is 1840. The molecule has 8 heteroatoms. The van der Waals surface area contributed by atoms with Crippen LogP contribution in [-0.2, 0) is 4.79 Å². The van der Waals surface area contributed by atoms with Crippen molar-refractivity contribution in [1.82, 2.24) is 9.47 Å². The van der Waals surface area contributed by atoms with E-state index in [1.54, 1.807) is 13.2 Å². The molecule has 6 rings (SSSR count). The summed E-state index contributed by atoms with van der Waals surface area (Å²) in [6, 6.07) is 31.1. The summed E-state index contributed by atoms with van der Waals surface area (Å²) >= 11 is 0.959. The average Bonchev–Trinajstić information content (AvgIpc) is 3.46. The highest BCUT2D eigenvalue weighted by atomic mass is 32.2. The lowest BCUT2D eigenvalue weighted by molar-refractivity contribution is -0.123. The maximum Gasteiger partial charge on any atom is 0.293 e. The number of carbonyl (C=O) groups excluding carboxylic acids is 2. The Morgan fingerprint density at radius 1 is 0.814 bits per heavy atom. The molecule has 5 aromatic rings. The number of fused-ring (bicyclic) bond motifs is 1. The third-order valence-electron chi connectivity index (χ3n) is 7.34. The molecule has 1 fully saturated rings. The zero-order chi connectivity index (χ0) is 29.9. The number of amides is 2. The lowest BCUT2D eigenvalue weighted by Gasteiger charge is -2.14. The maximum atomic E-state index is 13.2. The van der Waals surface area contributed by atoms with Crippen LogP contribution < -0.4 is 14.2 Å². The summed E-state index contributed by atoms with van der Waals surface area (Å²) in [5.41, 5.74) is 3.83. The molecule has 0 unspecified atom stereocenters. The average molecular weight is 591 g/mol. The maximum absolute atomic E-state index is 13.2. The Hall–Kier alpha value is -4.95. The Labute approximate surface area is 254 Å². The van der Waals surface area contributed by atoms with E-state index in [2.05, 4.69) is 4.57 Å². The van der Waals surface area contributed by atoms with E-state index in [0.717, 1.165) is 68.2 Å². The highest BCUT2D eigenvalue weighted by Gasteiger charge is 2.35. The van der Waals surface area contributed by atoms with Crippen molar-refractivity contribution in [3.05, 3.63) is 119 Å². The molecule has 1 aromatic heterocycles. The van der Waals surface area contributed by atoms with E-state index < -0.39 is 0 Å². The zero-order valence-corrected chi connectivity index (χ0v) is 24.9. The summed E-state index contributed by atoms with van der Waals surface area (Å²) < 4.78 is 19.3. The van der Waals surface area contributed by atoms with Gasteiger partial charge in [0.25, 0.3) is 11.1 Å². The Balaban J connectivity index is 1.13. The molecule has 43 heavy (non-hydrogen) atoms. The van der Waals surface area contributed by atoms with Gasteiger partial charge in [-0.1, -0.05) is 36.4 Å². The van der Waals surface area contributed by atoms with Crippen molar-refractivity contribution in [3.8, 4) is 28.7 Å². The minimum Gasteiger partial charge on any atom is -0.497 e. The Morgan fingerprint density at radius 3 is 2.23 bits per heavy atom. The number of aryl methyl sites for hydroxylation is 1. The number of rotatable bonds is 9. The predicted octanol–water partition coefficient (Wildman–Crippen LogP) is 8.16. The topological polar surface area (TPSA) is 70.0 Å². The van der Waals surface area contributed by atoms with Gasteiger partial charge in [-0.15, -0.1) is 0 Å². The molecule has 216 valence electrons. The minimum absolute atomic E-state index is 0.176. The minimum atomic E-state index is -0.304. The van der Waals surface area contributed by atoms with Crippen molar-refractivity contribution < 1.29 is 23.8 Å². The second kappa shape index (κ2) is 12.1. The number of ether oxygens (including phenoxy) is 3. The fraction of sp³-hybridized carbons (Fsp3) is 0.143.